The Morgan fingerprint density at radius 1 is 1.31 bits per heavy atom. The lowest BCUT2D eigenvalue weighted by Gasteiger charge is -1.86. The fraction of sp³-hybridized carbons (Fsp3) is 0.778. The molecule has 2 atom stereocenters. The van der Waals surface area contributed by atoms with Crippen molar-refractivity contribution in [3.8, 4) is 0 Å². The van der Waals surface area contributed by atoms with Crippen LogP contribution in [-0.2, 0) is 19.1 Å². The quantitative estimate of drug-likeness (QED) is 0.325. The lowest BCUT2D eigenvalue weighted by Crippen LogP contribution is -2.01. The molecular formula is C9H16O4. The number of hydrogen-bond acceptors (Lipinski definition) is 4. The zero-order valence-corrected chi connectivity index (χ0v) is 7.20. The number of esters is 2. The van der Waals surface area contributed by atoms with E-state index in [0.29, 0.717) is 6.10 Å². The van der Waals surface area contributed by atoms with Crippen molar-refractivity contribution < 1.29 is 19.1 Å². The molecule has 0 bridgehead atoms. The van der Waals surface area contributed by atoms with Crippen LogP contribution in [0.2, 0.25) is 0 Å². The number of ether oxygens (including phenoxy) is 2. The Bertz CT molecular complexity index is 196. The molecule has 2 saturated heterocycles. The van der Waals surface area contributed by atoms with Gasteiger partial charge in [-0.1, -0.05) is 14.4 Å². The lowest BCUT2D eigenvalue weighted by atomic mass is 10.1. The third-order valence-electron chi connectivity index (χ3n) is 1.59. The standard InChI is InChI=1S/C5H6O3.C3H6O.CH4/c1-3-2-4(6)8-5(3)7;1-3-2-4-3;/h3H,2H2,1H3;3H,2H2,1H3;1H4. The van der Waals surface area contributed by atoms with E-state index in [4.69, 9.17) is 4.74 Å². The van der Waals surface area contributed by atoms with Crippen LogP contribution in [-0.4, -0.2) is 24.6 Å². The number of epoxide rings is 1. The smallest absolute Gasteiger partial charge is 0.316 e. The monoisotopic (exact) mass is 188 g/mol. The van der Waals surface area contributed by atoms with Gasteiger partial charge >= 0.3 is 11.9 Å². The molecule has 0 N–H and O–H groups in total. The van der Waals surface area contributed by atoms with Gasteiger partial charge in [0.15, 0.2) is 0 Å². The van der Waals surface area contributed by atoms with Crippen LogP contribution in [0.4, 0.5) is 0 Å². The summed E-state index contributed by atoms with van der Waals surface area (Å²) in [6.45, 7) is 4.72. The molecule has 0 amide bonds. The Balaban J connectivity index is 0.000000245. The maximum Gasteiger partial charge on any atom is 0.316 e. The van der Waals surface area contributed by atoms with Crippen molar-refractivity contribution in [1.29, 1.82) is 0 Å². The number of carbonyl (C=O) groups is 2. The third-order valence-corrected chi connectivity index (χ3v) is 1.59. The van der Waals surface area contributed by atoms with Crippen molar-refractivity contribution >= 4 is 11.9 Å². The molecule has 2 rings (SSSR count). The molecule has 0 radical (unpaired) electrons. The highest BCUT2D eigenvalue weighted by molar-refractivity contribution is 5.94. The maximum absolute atomic E-state index is 10.3. The first-order valence-corrected chi connectivity index (χ1v) is 3.95. The molecule has 76 valence electrons. The molecule has 2 unspecified atom stereocenters. The highest BCUT2D eigenvalue weighted by Gasteiger charge is 2.28. The van der Waals surface area contributed by atoms with E-state index in [2.05, 4.69) is 11.7 Å². The topological polar surface area (TPSA) is 55.9 Å². The summed E-state index contributed by atoms with van der Waals surface area (Å²) in [7, 11) is 0. The van der Waals surface area contributed by atoms with Gasteiger partial charge in [0.25, 0.3) is 0 Å². The normalized spacial score (nSPS) is 29.7. The van der Waals surface area contributed by atoms with Crippen molar-refractivity contribution in [2.24, 2.45) is 5.92 Å². The molecule has 0 aliphatic carbocycles. The van der Waals surface area contributed by atoms with E-state index in [9.17, 15) is 9.59 Å². The van der Waals surface area contributed by atoms with Crippen molar-refractivity contribution in [2.45, 2.75) is 33.8 Å². The minimum absolute atomic E-state index is 0. The van der Waals surface area contributed by atoms with Gasteiger partial charge in [-0.05, 0) is 6.92 Å². The van der Waals surface area contributed by atoms with E-state index < -0.39 is 11.9 Å². The van der Waals surface area contributed by atoms with Crippen LogP contribution < -0.4 is 0 Å². The summed E-state index contributed by atoms with van der Waals surface area (Å²) in [5, 5.41) is 0. The predicted octanol–water partition coefficient (Wildman–Crippen LogP) is 1.14. The summed E-state index contributed by atoms with van der Waals surface area (Å²) in [4.78, 5) is 20.6. The van der Waals surface area contributed by atoms with E-state index in [-0.39, 0.29) is 19.8 Å². The Labute approximate surface area is 78.2 Å². The summed E-state index contributed by atoms with van der Waals surface area (Å²) in [5.41, 5.74) is 0. The Morgan fingerprint density at radius 2 is 1.77 bits per heavy atom. The van der Waals surface area contributed by atoms with Crippen LogP contribution in [0.25, 0.3) is 0 Å². The van der Waals surface area contributed by atoms with E-state index in [0.717, 1.165) is 6.61 Å². The lowest BCUT2D eigenvalue weighted by molar-refractivity contribution is -0.152. The minimum Gasteiger partial charge on any atom is -0.393 e. The van der Waals surface area contributed by atoms with Gasteiger partial charge in [0.1, 0.15) is 0 Å². The van der Waals surface area contributed by atoms with Crippen molar-refractivity contribution in [1.82, 2.24) is 0 Å². The molecule has 4 nitrogen and oxygen atoms in total. The molecule has 2 aliphatic rings. The second-order valence-electron chi connectivity index (χ2n) is 3.04. The Hall–Kier alpha value is -0.900. The van der Waals surface area contributed by atoms with E-state index in [1.54, 1.807) is 6.92 Å². The Kier molecular flexibility index (Phi) is 4.62. The Morgan fingerprint density at radius 3 is 1.85 bits per heavy atom. The zero-order chi connectivity index (χ0) is 9.14. The van der Waals surface area contributed by atoms with Gasteiger partial charge in [0, 0.05) is 0 Å². The number of hydrogen-bond donors (Lipinski definition) is 0. The first kappa shape index (κ1) is 12.1. The van der Waals surface area contributed by atoms with Crippen LogP contribution >= 0.6 is 0 Å². The first-order chi connectivity index (χ1) is 5.59. The van der Waals surface area contributed by atoms with E-state index >= 15 is 0 Å². The fourth-order valence-electron chi connectivity index (χ4n) is 0.684. The summed E-state index contributed by atoms with van der Waals surface area (Å²) in [6.07, 6.45) is 0.832. The predicted molar refractivity (Wildman–Crippen MR) is 47.0 cm³/mol. The zero-order valence-electron chi connectivity index (χ0n) is 7.20. The minimum atomic E-state index is -0.400. The van der Waals surface area contributed by atoms with Gasteiger partial charge in [-0.2, -0.15) is 0 Å². The molecular weight excluding hydrogens is 172 g/mol. The van der Waals surface area contributed by atoms with Gasteiger partial charge in [-0.3, -0.25) is 9.59 Å². The van der Waals surface area contributed by atoms with Gasteiger partial charge in [0.05, 0.1) is 25.0 Å². The van der Waals surface area contributed by atoms with Gasteiger partial charge in [-0.15, -0.1) is 0 Å². The number of cyclic esters (lactones) is 2. The molecule has 0 spiro atoms. The first-order valence-electron chi connectivity index (χ1n) is 3.95. The van der Waals surface area contributed by atoms with Crippen LogP contribution in [0.15, 0.2) is 0 Å². The molecule has 2 fully saturated rings. The molecule has 0 aromatic carbocycles. The second-order valence-corrected chi connectivity index (χ2v) is 3.04. The van der Waals surface area contributed by atoms with Crippen molar-refractivity contribution in [2.75, 3.05) is 6.61 Å². The summed E-state index contributed by atoms with van der Waals surface area (Å²) >= 11 is 0. The molecule has 0 aromatic heterocycles. The fourth-order valence-corrected chi connectivity index (χ4v) is 0.684. The van der Waals surface area contributed by atoms with Crippen molar-refractivity contribution in [3.63, 3.8) is 0 Å². The maximum atomic E-state index is 10.3. The largest absolute Gasteiger partial charge is 0.393 e. The molecule has 0 aromatic rings. The van der Waals surface area contributed by atoms with E-state index in [1.807, 2.05) is 0 Å². The third kappa shape index (κ3) is 4.62. The van der Waals surface area contributed by atoms with Gasteiger partial charge in [0.2, 0.25) is 0 Å². The van der Waals surface area contributed by atoms with Gasteiger partial charge in [-0.25, -0.2) is 0 Å². The summed E-state index contributed by atoms with van der Waals surface area (Å²) < 4.78 is 8.90. The molecule has 2 aliphatic heterocycles. The highest BCUT2D eigenvalue weighted by Crippen LogP contribution is 2.13. The average molecular weight is 188 g/mol. The van der Waals surface area contributed by atoms with Crippen LogP contribution in [0.1, 0.15) is 27.7 Å². The van der Waals surface area contributed by atoms with Gasteiger partial charge < -0.3 is 9.47 Å². The SMILES string of the molecule is C.CC1CC(=O)OC1=O.CC1CO1. The summed E-state index contributed by atoms with van der Waals surface area (Å²) in [6, 6.07) is 0. The molecule has 13 heavy (non-hydrogen) atoms. The number of carbonyl (C=O) groups excluding carboxylic acids is 2. The second kappa shape index (κ2) is 4.97. The number of rotatable bonds is 0. The van der Waals surface area contributed by atoms with Crippen LogP contribution in [0.5, 0.6) is 0 Å². The highest BCUT2D eigenvalue weighted by atomic mass is 16.6. The molecule has 4 heteroatoms. The van der Waals surface area contributed by atoms with Crippen LogP contribution in [0, 0.1) is 5.92 Å². The average Bonchev–Trinajstić information content (AvgIpc) is 2.66. The molecule has 0 saturated carbocycles. The van der Waals surface area contributed by atoms with E-state index in [1.165, 1.54) is 0 Å². The van der Waals surface area contributed by atoms with Crippen molar-refractivity contribution in [3.05, 3.63) is 0 Å². The molecule has 2 heterocycles. The summed E-state index contributed by atoms with van der Waals surface area (Å²) in [5.74, 6) is -1.01. The van der Waals surface area contributed by atoms with Crippen LogP contribution in [0.3, 0.4) is 0 Å².